The van der Waals surface area contributed by atoms with Crippen molar-refractivity contribution in [3.05, 3.63) is 47.4 Å². The minimum absolute atomic E-state index is 0.103. The van der Waals surface area contributed by atoms with Gasteiger partial charge < -0.3 is 20.1 Å². The summed E-state index contributed by atoms with van der Waals surface area (Å²) in [7, 11) is 1.55. The molecule has 9 nitrogen and oxygen atoms in total. The van der Waals surface area contributed by atoms with Gasteiger partial charge in [0.1, 0.15) is 18.5 Å². The van der Waals surface area contributed by atoms with Crippen LogP contribution in [0, 0.1) is 5.95 Å². The van der Waals surface area contributed by atoms with Crippen LogP contribution in [0.4, 0.5) is 21.0 Å². The molecule has 2 aliphatic heterocycles. The van der Waals surface area contributed by atoms with Gasteiger partial charge in [-0.3, -0.25) is 9.80 Å². The molecule has 1 aromatic heterocycles. The van der Waals surface area contributed by atoms with Crippen molar-refractivity contribution in [2.75, 3.05) is 50.1 Å². The normalized spacial score (nSPS) is 21.0. The Morgan fingerprint density at radius 2 is 1.97 bits per heavy atom. The van der Waals surface area contributed by atoms with Gasteiger partial charge in [-0.1, -0.05) is 24.3 Å². The number of cyclic esters (lactones) is 1. The molecule has 2 fully saturated rings. The second-order valence-electron chi connectivity index (χ2n) is 8.46. The molecule has 0 saturated carbocycles. The molecule has 0 spiro atoms. The number of halogens is 1. The molecule has 0 radical (unpaired) electrons. The summed E-state index contributed by atoms with van der Waals surface area (Å²) in [6.45, 7) is 9.00. The van der Waals surface area contributed by atoms with Crippen molar-refractivity contribution in [3.63, 3.8) is 0 Å². The Balaban J connectivity index is 1.45. The van der Waals surface area contributed by atoms with Crippen LogP contribution in [0.5, 0.6) is 0 Å². The Morgan fingerprint density at radius 1 is 1.24 bits per heavy atom. The average Bonchev–Trinajstić information content (AvgIpc) is 3.20. The number of ether oxygens (including phenoxy) is 2. The highest BCUT2D eigenvalue weighted by Crippen LogP contribution is 2.26. The summed E-state index contributed by atoms with van der Waals surface area (Å²) in [6, 6.07) is 8.92. The molecular weight excluding hydrogens is 427 g/mol. The van der Waals surface area contributed by atoms with Crippen molar-refractivity contribution in [1.29, 1.82) is 0 Å². The molecule has 2 saturated heterocycles. The molecule has 4 rings (SSSR count). The number of anilines is 2. The van der Waals surface area contributed by atoms with E-state index in [4.69, 9.17) is 9.47 Å². The van der Waals surface area contributed by atoms with E-state index >= 15 is 0 Å². The summed E-state index contributed by atoms with van der Waals surface area (Å²) >= 11 is 0. The maximum absolute atomic E-state index is 14.3. The van der Waals surface area contributed by atoms with E-state index in [0.29, 0.717) is 0 Å². The molecule has 0 aliphatic carbocycles. The zero-order valence-electron chi connectivity index (χ0n) is 19.3. The van der Waals surface area contributed by atoms with Gasteiger partial charge in [-0.25, -0.2) is 4.79 Å². The zero-order valence-corrected chi connectivity index (χ0v) is 19.3. The van der Waals surface area contributed by atoms with Crippen molar-refractivity contribution >= 4 is 17.9 Å². The molecule has 2 aliphatic rings. The third kappa shape index (κ3) is 5.58. The number of nitrogens with zero attached hydrogens (tertiary/aromatic N) is 4. The molecule has 2 unspecified atom stereocenters. The predicted molar refractivity (Wildman–Crippen MR) is 123 cm³/mol. The number of amides is 1. The number of hydrogen-bond donors (Lipinski definition) is 2. The summed E-state index contributed by atoms with van der Waals surface area (Å²) in [6.07, 6.45) is -0.884. The molecule has 3 heterocycles. The van der Waals surface area contributed by atoms with Crippen LogP contribution < -0.4 is 15.5 Å². The fourth-order valence-electron chi connectivity index (χ4n) is 4.11. The van der Waals surface area contributed by atoms with Gasteiger partial charge in [-0.2, -0.15) is 14.4 Å². The molecule has 0 bridgehead atoms. The molecule has 178 valence electrons. The summed E-state index contributed by atoms with van der Waals surface area (Å²) in [4.78, 5) is 24.3. The molecule has 3 atom stereocenters. The maximum Gasteiger partial charge on any atom is 0.416 e. The number of hydrogen-bond acceptors (Lipinski definition) is 8. The molecule has 1 aromatic carbocycles. The maximum atomic E-state index is 14.3. The minimum Gasteiger partial charge on any atom is -0.447 e. The summed E-state index contributed by atoms with van der Waals surface area (Å²) < 4.78 is 24.8. The monoisotopic (exact) mass is 458 g/mol. The fraction of sp³-hybridized carbons (Fsp3) is 0.522. The molecule has 10 heteroatoms. The number of methoxy groups -OCH3 is 1. The van der Waals surface area contributed by atoms with Crippen molar-refractivity contribution in [1.82, 2.24) is 20.2 Å². The van der Waals surface area contributed by atoms with Crippen LogP contribution in [0.1, 0.15) is 31.0 Å². The van der Waals surface area contributed by atoms with Crippen LogP contribution in [-0.4, -0.2) is 73.0 Å². The van der Waals surface area contributed by atoms with E-state index < -0.39 is 18.1 Å². The molecule has 2 N–H and O–H groups in total. The topological polar surface area (TPSA) is 91.9 Å². The first-order chi connectivity index (χ1) is 15.9. The highest BCUT2D eigenvalue weighted by Gasteiger charge is 2.39. The van der Waals surface area contributed by atoms with E-state index in [9.17, 15) is 9.18 Å². The van der Waals surface area contributed by atoms with Crippen LogP contribution in [0.3, 0.4) is 0 Å². The number of nitrogens with one attached hydrogen (secondary N) is 2. The predicted octanol–water partition coefficient (Wildman–Crippen LogP) is 2.55. The Hall–Kier alpha value is -2.82. The highest BCUT2D eigenvalue weighted by atomic mass is 19.1. The van der Waals surface area contributed by atoms with E-state index in [1.165, 1.54) is 10.5 Å². The van der Waals surface area contributed by atoms with Gasteiger partial charge in [0.2, 0.25) is 11.9 Å². The standard InChI is InChI=1S/C23H31FN6O3/c1-15(18-6-4-17(5-7-18)13-29-10-8-25-9-11-29)26-22-27-20(24)12-21(28-22)30-19(16(2)32-3)14-33-23(30)31/h4-7,12,15-16,19,25H,8-11,13-14H2,1-3H3,(H,26,27,28)/t15-,16?,19?/m0/s1. The van der Waals surface area contributed by atoms with Gasteiger partial charge >= 0.3 is 6.09 Å². The largest absolute Gasteiger partial charge is 0.447 e. The third-order valence-corrected chi connectivity index (χ3v) is 6.19. The third-order valence-electron chi connectivity index (χ3n) is 6.19. The van der Waals surface area contributed by atoms with Crippen molar-refractivity contribution in [2.24, 2.45) is 0 Å². The molecule has 1 amide bonds. The van der Waals surface area contributed by atoms with E-state index in [2.05, 4.69) is 49.8 Å². The lowest BCUT2D eigenvalue weighted by Crippen LogP contribution is -2.42. The van der Waals surface area contributed by atoms with Gasteiger partial charge in [0.15, 0.2) is 0 Å². The highest BCUT2D eigenvalue weighted by molar-refractivity contribution is 5.89. The molecular formula is C23H31FN6O3. The number of carbonyl (C=O) groups excluding carboxylic acids is 1. The number of rotatable bonds is 8. The molecule has 33 heavy (non-hydrogen) atoms. The quantitative estimate of drug-likeness (QED) is 0.584. The Bertz CT molecular complexity index is 954. The van der Waals surface area contributed by atoms with Gasteiger partial charge in [0.05, 0.1) is 12.1 Å². The van der Waals surface area contributed by atoms with Crippen LogP contribution in [-0.2, 0) is 16.0 Å². The number of aromatic nitrogens is 2. The van der Waals surface area contributed by atoms with Crippen LogP contribution in [0.25, 0.3) is 0 Å². The summed E-state index contributed by atoms with van der Waals surface area (Å²) in [5, 5.41) is 6.51. The minimum atomic E-state index is -0.732. The summed E-state index contributed by atoms with van der Waals surface area (Å²) in [5.41, 5.74) is 2.28. The second-order valence-corrected chi connectivity index (χ2v) is 8.46. The van der Waals surface area contributed by atoms with E-state index in [1.807, 2.05) is 13.8 Å². The Morgan fingerprint density at radius 3 is 2.67 bits per heavy atom. The number of benzene rings is 1. The smallest absolute Gasteiger partial charge is 0.416 e. The SMILES string of the molecule is COC(C)C1COC(=O)N1c1cc(F)nc(N[C@@H](C)c2ccc(CN3CCNCC3)cc2)n1. The van der Waals surface area contributed by atoms with Crippen LogP contribution >= 0.6 is 0 Å². The Kier molecular flexibility index (Phi) is 7.36. The van der Waals surface area contributed by atoms with E-state index in [1.54, 1.807) is 7.11 Å². The van der Waals surface area contributed by atoms with E-state index in [0.717, 1.165) is 44.4 Å². The second kappa shape index (κ2) is 10.4. The summed E-state index contributed by atoms with van der Waals surface area (Å²) in [5.74, 6) is -0.490. The lowest BCUT2D eigenvalue weighted by Gasteiger charge is -2.27. The number of carbonyl (C=O) groups is 1. The van der Waals surface area contributed by atoms with Gasteiger partial charge in [0.25, 0.3) is 0 Å². The van der Waals surface area contributed by atoms with Crippen molar-refractivity contribution in [3.8, 4) is 0 Å². The van der Waals surface area contributed by atoms with Gasteiger partial charge in [-0.15, -0.1) is 0 Å². The van der Waals surface area contributed by atoms with Gasteiger partial charge in [-0.05, 0) is 25.0 Å². The first-order valence-electron chi connectivity index (χ1n) is 11.3. The Labute approximate surface area is 193 Å². The fourth-order valence-corrected chi connectivity index (χ4v) is 4.11. The lowest BCUT2D eigenvalue weighted by molar-refractivity contribution is 0.0881. The number of piperazine rings is 1. The average molecular weight is 459 g/mol. The van der Waals surface area contributed by atoms with Crippen LogP contribution in [0.2, 0.25) is 0 Å². The van der Waals surface area contributed by atoms with Gasteiger partial charge in [0, 0.05) is 45.9 Å². The zero-order chi connectivity index (χ0) is 23.4. The van der Waals surface area contributed by atoms with E-state index in [-0.39, 0.29) is 30.5 Å². The lowest BCUT2D eigenvalue weighted by atomic mass is 10.1. The van der Waals surface area contributed by atoms with Crippen molar-refractivity contribution < 1.29 is 18.7 Å². The van der Waals surface area contributed by atoms with Crippen molar-refractivity contribution in [2.45, 2.75) is 38.6 Å². The first-order valence-corrected chi connectivity index (χ1v) is 11.3. The van der Waals surface area contributed by atoms with Crippen LogP contribution in [0.15, 0.2) is 30.3 Å². The molecule has 2 aromatic rings. The first kappa shape index (κ1) is 23.3.